The van der Waals surface area contributed by atoms with Crippen molar-refractivity contribution >= 4 is 27.5 Å². The van der Waals surface area contributed by atoms with Crippen molar-refractivity contribution in [1.29, 1.82) is 0 Å². The van der Waals surface area contributed by atoms with E-state index in [2.05, 4.69) is 5.32 Å². The maximum absolute atomic E-state index is 14.1. The fourth-order valence-corrected chi connectivity index (χ4v) is 5.88. The Kier molecular flexibility index (Phi) is 11.4. The van der Waals surface area contributed by atoms with Crippen LogP contribution in [0.2, 0.25) is 0 Å². The SMILES string of the molecule is CCOc1ccc(N(CC(=O)N(Cc2ccc(OC)cc2)C(CC)C(=O)NC(C)C)S(=O)(=O)c2ccc(C)cc2)cc1. The van der Waals surface area contributed by atoms with Crippen LogP contribution in [0, 0.1) is 6.92 Å². The molecule has 0 saturated carbocycles. The first-order chi connectivity index (χ1) is 20.0. The number of amides is 2. The molecule has 1 N–H and O–H groups in total. The molecule has 0 bridgehead atoms. The van der Waals surface area contributed by atoms with Crippen LogP contribution in [0.3, 0.4) is 0 Å². The molecule has 0 radical (unpaired) electrons. The van der Waals surface area contributed by atoms with Crippen molar-refractivity contribution in [2.75, 3.05) is 24.6 Å². The molecule has 0 aromatic heterocycles. The zero-order valence-electron chi connectivity index (χ0n) is 25.2. The van der Waals surface area contributed by atoms with Crippen LogP contribution in [0.15, 0.2) is 77.7 Å². The second-order valence-corrected chi connectivity index (χ2v) is 12.1. The first kappa shape index (κ1) is 32.5. The number of carbonyl (C=O) groups is 2. The second-order valence-electron chi connectivity index (χ2n) is 10.2. The van der Waals surface area contributed by atoms with E-state index in [0.29, 0.717) is 30.2 Å². The summed E-state index contributed by atoms with van der Waals surface area (Å²) in [6.07, 6.45) is 0.341. The van der Waals surface area contributed by atoms with Gasteiger partial charge in [0.2, 0.25) is 11.8 Å². The zero-order valence-corrected chi connectivity index (χ0v) is 26.0. The number of sulfonamides is 1. The number of anilines is 1. The van der Waals surface area contributed by atoms with Crippen LogP contribution in [-0.2, 0) is 26.2 Å². The van der Waals surface area contributed by atoms with Crippen molar-refractivity contribution in [1.82, 2.24) is 10.2 Å². The van der Waals surface area contributed by atoms with Crippen molar-refractivity contribution in [3.8, 4) is 11.5 Å². The molecule has 10 heteroatoms. The summed E-state index contributed by atoms with van der Waals surface area (Å²) < 4.78 is 39.9. The molecule has 0 spiro atoms. The Morgan fingerprint density at radius 2 is 1.48 bits per heavy atom. The Labute approximate surface area is 249 Å². The summed E-state index contributed by atoms with van der Waals surface area (Å²) in [5.74, 6) is 0.425. The average Bonchev–Trinajstić information content (AvgIpc) is 2.96. The number of hydrogen-bond donors (Lipinski definition) is 1. The minimum Gasteiger partial charge on any atom is -0.497 e. The average molecular weight is 596 g/mol. The summed E-state index contributed by atoms with van der Waals surface area (Å²) in [4.78, 5) is 28.9. The number of nitrogens with zero attached hydrogens (tertiary/aromatic N) is 2. The van der Waals surface area contributed by atoms with E-state index in [1.54, 1.807) is 55.6 Å². The van der Waals surface area contributed by atoms with Crippen LogP contribution in [0.1, 0.15) is 45.2 Å². The summed E-state index contributed by atoms with van der Waals surface area (Å²) >= 11 is 0. The van der Waals surface area contributed by atoms with Gasteiger partial charge in [-0.2, -0.15) is 0 Å². The lowest BCUT2D eigenvalue weighted by Crippen LogP contribution is -2.53. The highest BCUT2D eigenvalue weighted by atomic mass is 32.2. The third-order valence-electron chi connectivity index (χ3n) is 6.65. The molecule has 0 saturated heterocycles. The predicted molar refractivity (Wildman–Crippen MR) is 164 cm³/mol. The number of hydrogen-bond acceptors (Lipinski definition) is 6. The Morgan fingerprint density at radius 1 is 0.881 bits per heavy atom. The minimum atomic E-state index is -4.15. The number of methoxy groups -OCH3 is 1. The maximum Gasteiger partial charge on any atom is 0.264 e. The van der Waals surface area contributed by atoms with Crippen LogP contribution >= 0.6 is 0 Å². The molecular weight excluding hydrogens is 554 g/mol. The van der Waals surface area contributed by atoms with E-state index in [1.165, 1.54) is 17.0 Å². The molecule has 0 aliphatic carbocycles. The van der Waals surface area contributed by atoms with Gasteiger partial charge in [-0.25, -0.2) is 8.42 Å². The maximum atomic E-state index is 14.1. The Hall–Kier alpha value is -4.05. The number of ether oxygens (including phenoxy) is 2. The summed E-state index contributed by atoms with van der Waals surface area (Å²) in [7, 11) is -2.58. The Bertz CT molecular complexity index is 1420. The quantitative estimate of drug-likeness (QED) is 0.283. The molecule has 3 aromatic carbocycles. The summed E-state index contributed by atoms with van der Waals surface area (Å²) in [6, 6.07) is 19.3. The first-order valence-electron chi connectivity index (χ1n) is 14.0. The van der Waals surface area contributed by atoms with Crippen LogP contribution in [0.5, 0.6) is 11.5 Å². The van der Waals surface area contributed by atoms with Crippen molar-refractivity contribution in [2.45, 2.75) is 64.6 Å². The van der Waals surface area contributed by atoms with Gasteiger partial charge in [-0.05, 0) is 88.2 Å². The smallest absolute Gasteiger partial charge is 0.264 e. The number of aryl methyl sites for hydroxylation is 1. The van der Waals surface area contributed by atoms with Crippen LogP contribution < -0.4 is 19.1 Å². The second kappa shape index (κ2) is 14.7. The highest BCUT2D eigenvalue weighted by Gasteiger charge is 2.34. The number of nitrogens with one attached hydrogen (secondary N) is 1. The predicted octanol–water partition coefficient (Wildman–Crippen LogP) is 4.93. The van der Waals surface area contributed by atoms with Crippen LogP contribution in [0.4, 0.5) is 5.69 Å². The van der Waals surface area contributed by atoms with Gasteiger partial charge in [-0.1, -0.05) is 36.8 Å². The molecule has 3 aromatic rings. The highest BCUT2D eigenvalue weighted by Crippen LogP contribution is 2.27. The van der Waals surface area contributed by atoms with Gasteiger partial charge in [0.25, 0.3) is 10.0 Å². The molecule has 0 heterocycles. The summed E-state index contributed by atoms with van der Waals surface area (Å²) in [5, 5.41) is 2.90. The van der Waals surface area contributed by atoms with Gasteiger partial charge in [-0.3, -0.25) is 13.9 Å². The molecule has 1 unspecified atom stereocenters. The van der Waals surface area contributed by atoms with Gasteiger partial charge in [-0.15, -0.1) is 0 Å². The molecule has 226 valence electrons. The van der Waals surface area contributed by atoms with E-state index in [1.807, 2.05) is 46.8 Å². The molecule has 0 aliphatic heterocycles. The van der Waals surface area contributed by atoms with Gasteiger partial charge in [0.05, 0.1) is 24.3 Å². The first-order valence-corrected chi connectivity index (χ1v) is 15.5. The Balaban J connectivity index is 2.06. The monoisotopic (exact) mass is 595 g/mol. The summed E-state index contributed by atoms with van der Waals surface area (Å²) in [6.45, 7) is 9.31. The minimum absolute atomic E-state index is 0.0566. The van der Waals surface area contributed by atoms with E-state index < -0.39 is 28.5 Å². The standard InChI is InChI=1S/C32H41N3O6S/c1-7-30(32(37)33-23(3)4)34(21-25-11-15-27(40-6)16-12-25)31(36)22-35(26-13-17-28(18-14-26)41-8-2)42(38,39)29-19-9-24(5)10-20-29/h9-20,23,30H,7-8,21-22H2,1-6H3,(H,33,37). The summed E-state index contributed by atoms with van der Waals surface area (Å²) in [5.41, 5.74) is 1.98. The van der Waals surface area contributed by atoms with Crippen LogP contribution in [-0.4, -0.2) is 57.5 Å². The molecule has 9 nitrogen and oxygen atoms in total. The van der Waals surface area contributed by atoms with Crippen molar-refractivity contribution in [3.05, 3.63) is 83.9 Å². The van der Waals surface area contributed by atoms with Gasteiger partial charge in [0, 0.05) is 12.6 Å². The highest BCUT2D eigenvalue weighted by molar-refractivity contribution is 7.92. The molecule has 2 amide bonds. The zero-order chi connectivity index (χ0) is 30.9. The third-order valence-corrected chi connectivity index (χ3v) is 8.44. The van der Waals surface area contributed by atoms with E-state index in [0.717, 1.165) is 15.4 Å². The molecule has 42 heavy (non-hydrogen) atoms. The van der Waals surface area contributed by atoms with Crippen LogP contribution in [0.25, 0.3) is 0 Å². The lowest BCUT2D eigenvalue weighted by Gasteiger charge is -2.33. The van der Waals surface area contributed by atoms with Crippen molar-refractivity contribution in [2.24, 2.45) is 0 Å². The Morgan fingerprint density at radius 3 is 2.00 bits per heavy atom. The van der Waals surface area contributed by atoms with E-state index in [4.69, 9.17) is 9.47 Å². The van der Waals surface area contributed by atoms with Gasteiger partial charge in [0.1, 0.15) is 24.1 Å². The largest absolute Gasteiger partial charge is 0.497 e. The van der Waals surface area contributed by atoms with Gasteiger partial charge < -0.3 is 19.7 Å². The molecule has 1 atom stereocenters. The van der Waals surface area contributed by atoms with E-state index >= 15 is 0 Å². The van der Waals surface area contributed by atoms with Gasteiger partial charge >= 0.3 is 0 Å². The van der Waals surface area contributed by atoms with E-state index in [-0.39, 0.29) is 23.4 Å². The number of carbonyl (C=O) groups excluding carboxylic acids is 2. The number of benzene rings is 3. The topological polar surface area (TPSA) is 105 Å². The fourth-order valence-electron chi connectivity index (χ4n) is 4.47. The normalized spacial score (nSPS) is 12.0. The lowest BCUT2D eigenvalue weighted by molar-refractivity contribution is -0.140. The number of rotatable bonds is 14. The fraction of sp³-hybridized carbons (Fsp3) is 0.375. The molecule has 0 aliphatic rings. The molecule has 3 rings (SSSR count). The van der Waals surface area contributed by atoms with Crippen molar-refractivity contribution < 1.29 is 27.5 Å². The lowest BCUT2D eigenvalue weighted by atomic mass is 10.1. The van der Waals surface area contributed by atoms with Gasteiger partial charge in [0.15, 0.2) is 0 Å². The van der Waals surface area contributed by atoms with Crippen molar-refractivity contribution in [3.63, 3.8) is 0 Å². The third kappa shape index (κ3) is 8.25. The van der Waals surface area contributed by atoms with E-state index in [9.17, 15) is 18.0 Å². The molecule has 0 fully saturated rings. The molecular formula is C32H41N3O6S.